The molecule has 0 atom stereocenters. The van der Waals surface area contributed by atoms with Crippen LogP contribution < -0.4 is 10.5 Å². The van der Waals surface area contributed by atoms with Crippen LogP contribution in [0.5, 0.6) is 5.75 Å². The number of hydrogen-bond donors (Lipinski definition) is 1. The third-order valence-corrected chi connectivity index (χ3v) is 2.48. The first-order chi connectivity index (χ1) is 9.28. The van der Waals surface area contributed by atoms with Crippen LogP contribution in [0.15, 0.2) is 28.8 Å². The summed E-state index contributed by atoms with van der Waals surface area (Å²) in [5.41, 5.74) is 6.31. The Hall–Kier alpha value is -2.08. The van der Waals surface area contributed by atoms with E-state index in [2.05, 4.69) is 10.1 Å². The van der Waals surface area contributed by atoms with Gasteiger partial charge in [-0.3, -0.25) is 0 Å². The molecule has 2 N–H and O–H groups in total. The maximum Gasteiger partial charge on any atom is 0.264 e. The van der Waals surface area contributed by atoms with Crippen LogP contribution in [-0.4, -0.2) is 23.9 Å². The monoisotopic (exact) mass is 263 g/mol. The SMILES string of the molecule is COCCCc1noc(COc2cccc(N)c2)n1. The lowest BCUT2D eigenvalue weighted by molar-refractivity contribution is 0.194. The topological polar surface area (TPSA) is 83.4 Å². The van der Waals surface area contributed by atoms with E-state index in [1.807, 2.05) is 12.1 Å². The molecule has 0 aliphatic heterocycles. The van der Waals surface area contributed by atoms with Crippen molar-refractivity contribution in [3.05, 3.63) is 36.0 Å². The van der Waals surface area contributed by atoms with Gasteiger partial charge in [0.25, 0.3) is 5.89 Å². The molecular formula is C13H17N3O3. The van der Waals surface area contributed by atoms with Gasteiger partial charge in [0.05, 0.1) is 0 Å². The highest BCUT2D eigenvalue weighted by molar-refractivity contribution is 5.43. The number of nitrogens with zero attached hydrogens (tertiary/aromatic N) is 2. The highest BCUT2D eigenvalue weighted by Gasteiger charge is 2.06. The minimum atomic E-state index is 0.237. The summed E-state index contributed by atoms with van der Waals surface area (Å²) in [4.78, 5) is 4.23. The van der Waals surface area contributed by atoms with Gasteiger partial charge in [-0.1, -0.05) is 11.2 Å². The summed E-state index contributed by atoms with van der Waals surface area (Å²) >= 11 is 0. The van der Waals surface area contributed by atoms with Crippen molar-refractivity contribution in [2.45, 2.75) is 19.4 Å². The quantitative estimate of drug-likeness (QED) is 0.606. The Morgan fingerprint density at radius 1 is 1.37 bits per heavy atom. The van der Waals surface area contributed by atoms with Crippen LogP contribution in [0, 0.1) is 0 Å². The molecule has 0 unspecified atom stereocenters. The minimum absolute atomic E-state index is 0.237. The van der Waals surface area contributed by atoms with Gasteiger partial charge in [-0.2, -0.15) is 4.98 Å². The van der Waals surface area contributed by atoms with E-state index in [1.165, 1.54) is 0 Å². The van der Waals surface area contributed by atoms with E-state index < -0.39 is 0 Å². The van der Waals surface area contributed by atoms with Crippen LogP contribution in [0.4, 0.5) is 5.69 Å². The van der Waals surface area contributed by atoms with E-state index in [0.717, 1.165) is 12.8 Å². The summed E-state index contributed by atoms with van der Waals surface area (Å²) in [7, 11) is 1.67. The van der Waals surface area contributed by atoms with Crippen LogP contribution in [-0.2, 0) is 17.8 Å². The number of hydrogen-bond acceptors (Lipinski definition) is 6. The number of nitrogen functional groups attached to an aromatic ring is 1. The van der Waals surface area contributed by atoms with Crippen LogP contribution >= 0.6 is 0 Å². The van der Waals surface area contributed by atoms with Gasteiger partial charge in [-0.25, -0.2) is 0 Å². The molecule has 0 fully saturated rings. The first kappa shape index (κ1) is 13.4. The van der Waals surface area contributed by atoms with Crippen molar-refractivity contribution >= 4 is 5.69 Å². The predicted molar refractivity (Wildman–Crippen MR) is 69.7 cm³/mol. The summed E-state index contributed by atoms with van der Waals surface area (Å²) in [5.74, 6) is 1.80. The highest BCUT2D eigenvalue weighted by atomic mass is 16.5. The average Bonchev–Trinajstić information content (AvgIpc) is 2.85. The van der Waals surface area contributed by atoms with Gasteiger partial charge in [0.1, 0.15) is 5.75 Å². The Morgan fingerprint density at radius 2 is 2.26 bits per heavy atom. The van der Waals surface area contributed by atoms with Crippen molar-refractivity contribution in [1.82, 2.24) is 10.1 Å². The van der Waals surface area contributed by atoms with Gasteiger partial charge >= 0.3 is 0 Å². The third-order valence-electron chi connectivity index (χ3n) is 2.48. The third kappa shape index (κ3) is 4.26. The second kappa shape index (κ2) is 6.75. The Morgan fingerprint density at radius 3 is 3.05 bits per heavy atom. The maximum absolute atomic E-state index is 5.66. The molecule has 0 saturated heterocycles. The molecule has 6 nitrogen and oxygen atoms in total. The maximum atomic E-state index is 5.66. The van der Waals surface area contributed by atoms with E-state index in [0.29, 0.717) is 29.8 Å². The number of benzene rings is 1. The normalized spacial score (nSPS) is 10.6. The lowest BCUT2D eigenvalue weighted by Gasteiger charge is -2.03. The Labute approximate surface area is 111 Å². The van der Waals surface area contributed by atoms with Crippen molar-refractivity contribution in [3.63, 3.8) is 0 Å². The standard InChI is InChI=1S/C13H17N3O3/c1-17-7-3-6-12-15-13(19-16-12)9-18-11-5-2-4-10(14)8-11/h2,4-5,8H,3,6-7,9,14H2,1H3. The van der Waals surface area contributed by atoms with Crippen LogP contribution in [0.25, 0.3) is 0 Å². The molecule has 1 aromatic heterocycles. The van der Waals surface area contributed by atoms with Crippen LogP contribution in [0.3, 0.4) is 0 Å². The van der Waals surface area contributed by atoms with Crippen LogP contribution in [0.2, 0.25) is 0 Å². The fraction of sp³-hybridized carbons (Fsp3) is 0.385. The molecule has 2 rings (SSSR count). The summed E-state index contributed by atoms with van der Waals surface area (Å²) in [6.07, 6.45) is 1.60. The van der Waals surface area contributed by atoms with E-state index >= 15 is 0 Å². The molecule has 6 heteroatoms. The first-order valence-corrected chi connectivity index (χ1v) is 6.06. The van der Waals surface area contributed by atoms with E-state index in [4.69, 9.17) is 19.7 Å². The fourth-order valence-corrected chi connectivity index (χ4v) is 1.57. The number of methoxy groups -OCH3 is 1. The second-order valence-corrected chi connectivity index (χ2v) is 4.06. The largest absolute Gasteiger partial charge is 0.484 e. The number of anilines is 1. The van der Waals surface area contributed by atoms with Gasteiger partial charge < -0.3 is 19.7 Å². The Bertz CT molecular complexity index is 513. The van der Waals surface area contributed by atoms with Gasteiger partial charge in [0, 0.05) is 31.9 Å². The predicted octanol–water partition coefficient (Wildman–Crippen LogP) is 1.81. The first-order valence-electron chi connectivity index (χ1n) is 6.06. The molecule has 1 heterocycles. The van der Waals surface area contributed by atoms with E-state index in [1.54, 1.807) is 19.2 Å². The molecule has 0 saturated carbocycles. The number of aromatic nitrogens is 2. The van der Waals surface area contributed by atoms with Crippen molar-refractivity contribution in [2.24, 2.45) is 0 Å². The van der Waals surface area contributed by atoms with Gasteiger partial charge in [-0.15, -0.1) is 0 Å². The zero-order chi connectivity index (χ0) is 13.5. The molecule has 0 radical (unpaired) electrons. The molecule has 0 bridgehead atoms. The number of ether oxygens (including phenoxy) is 2. The molecule has 19 heavy (non-hydrogen) atoms. The highest BCUT2D eigenvalue weighted by Crippen LogP contribution is 2.15. The lowest BCUT2D eigenvalue weighted by atomic mass is 10.3. The molecule has 0 spiro atoms. The summed E-state index contributed by atoms with van der Waals surface area (Å²) < 4.78 is 15.6. The summed E-state index contributed by atoms with van der Waals surface area (Å²) in [6.45, 7) is 0.921. The fourth-order valence-electron chi connectivity index (χ4n) is 1.57. The molecule has 0 aliphatic rings. The van der Waals surface area contributed by atoms with Gasteiger partial charge in [0.2, 0.25) is 0 Å². The smallest absolute Gasteiger partial charge is 0.264 e. The lowest BCUT2D eigenvalue weighted by Crippen LogP contribution is -1.98. The summed E-state index contributed by atoms with van der Waals surface area (Å²) in [6, 6.07) is 7.20. The number of nitrogens with two attached hydrogens (primary N) is 1. The second-order valence-electron chi connectivity index (χ2n) is 4.06. The Kier molecular flexibility index (Phi) is 4.74. The van der Waals surface area contributed by atoms with Crippen molar-refractivity contribution < 1.29 is 14.0 Å². The molecule has 2 aromatic rings. The zero-order valence-electron chi connectivity index (χ0n) is 10.8. The van der Waals surface area contributed by atoms with Gasteiger partial charge in [0.15, 0.2) is 12.4 Å². The summed E-state index contributed by atoms with van der Waals surface area (Å²) in [5, 5.41) is 3.87. The number of aryl methyl sites for hydroxylation is 1. The van der Waals surface area contributed by atoms with Crippen molar-refractivity contribution in [3.8, 4) is 5.75 Å². The van der Waals surface area contributed by atoms with Crippen molar-refractivity contribution in [2.75, 3.05) is 19.5 Å². The van der Waals surface area contributed by atoms with E-state index in [-0.39, 0.29) is 6.61 Å². The zero-order valence-corrected chi connectivity index (χ0v) is 10.8. The van der Waals surface area contributed by atoms with Crippen molar-refractivity contribution in [1.29, 1.82) is 0 Å². The Balaban J connectivity index is 1.83. The van der Waals surface area contributed by atoms with Gasteiger partial charge in [-0.05, 0) is 18.6 Å². The number of rotatable bonds is 7. The molecule has 102 valence electrons. The average molecular weight is 263 g/mol. The molecule has 0 aliphatic carbocycles. The minimum Gasteiger partial charge on any atom is -0.484 e. The van der Waals surface area contributed by atoms with E-state index in [9.17, 15) is 0 Å². The molecule has 1 aromatic carbocycles. The molecular weight excluding hydrogens is 246 g/mol. The van der Waals surface area contributed by atoms with Crippen LogP contribution in [0.1, 0.15) is 18.1 Å². The molecule has 0 amide bonds.